The molecule has 0 aliphatic heterocycles. The number of alkyl halides is 2. The maximum absolute atomic E-state index is 13.7. The summed E-state index contributed by atoms with van der Waals surface area (Å²) in [6, 6.07) is 17.1. The molecule has 0 aliphatic rings. The van der Waals surface area contributed by atoms with E-state index in [2.05, 4.69) is 10.1 Å². The van der Waals surface area contributed by atoms with Gasteiger partial charge in [-0.1, -0.05) is 30.3 Å². The fourth-order valence-corrected chi connectivity index (χ4v) is 2.82. The lowest BCUT2D eigenvalue weighted by atomic mass is 10.0. The molecule has 0 bridgehead atoms. The van der Waals surface area contributed by atoms with Gasteiger partial charge < -0.3 is 14.8 Å². The quantitative estimate of drug-likeness (QED) is 0.586. The molecule has 1 N–H and O–H groups in total. The third kappa shape index (κ3) is 5.28. The van der Waals surface area contributed by atoms with Gasteiger partial charge in [-0.25, -0.2) is 4.39 Å². The van der Waals surface area contributed by atoms with Crippen LogP contribution in [0.4, 0.5) is 18.9 Å². The maximum Gasteiger partial charge on any atom is 0.387 e. The lowest BCUT2D eigenvalue weighted by Crippen LogP contribution is -2.15. The number of carbonyl (C=O) groups excluding carboxylic acids is 1. The fourth-order valence-electron chi connectivity index (χ4n) is 2.82. The smallest absolute Gasteiger partial charge is 0.387 e. The number of amides is 1. The largest absolute Gasteiger partial charge is 0.497 e. The Kier molecular flexibility index (Phi) is 6.39. The van der Waals surface area contributed by atoms with Gasteiger partial charge in [0.15, 0.2) is 0 Å². The Bertz CT molecular complexity index is 991. The van der Waals surface area contributed by atoms with E-state index >= 15 is 0 Å². The summed E-state index contributed by atoms with van der Waals surface area (Å²) in [5.74, 6) is -0.322. The summed E-state index contributed by atoms with van der Waals surface area (Å²) in [5.41, 5.74) is 1.61. The molecule has 0 saturated carbocycles. The van der Waals surface area contributed by atoms with Crippen molar-refractivity contribution in [2.45, 2.75) is 13.0 Å². The first kappa shape index (κ1) is 20.3. The first-order chi connectivity index (χ1) is 14.0. The second-order valence-corrected chi connectivity index (χ2v) is 6.13. The van der Waals surface area contributed by atoms with E-state index in [1.807, 2.05) is 0 Å². The Labute approximate surface area is 165 Å². The Morgan fingerprint density at radius 2 is 1.76 bits per heavy atom. The van der Waals surface area contributed by atoms with Gasteiger partial charge in [0, 0.05) is 11.3 Å². The van der Waals surface area contributed by atoms with Crippen molar-refractivity contribution < 1.29 is 27.4 Å². The van der Waals surface area contributed by atoms with Crippen molar-refractivity contribution in [1.82, 2.24) is 0 Å². The van der Waals surface area contributed by atoms with E-state index in [0.29, 0.717) is 22.6 Å². The number of rotatable bonds is 7. The van der Waals surface area contributed by atoms with E-state index in [9.17, 15) is 18.0 Å². The minimum absolute atomic E-state index is 0.0303. The number of nitrogens with one attached hydrogen (secondary N) is 1. The first-order valence-electron chi connectivity index (χ1n) is 8.73. The SMILES string of the molecule is COc1ccc(-c2cc(NC(=O)Cc3ccccc3F)ccc2OC(F)F)cc1. The molecular weight excluding hydrogens is 383 g/mol. The molecule has 0 unspecified atom stereocenters. The van der Waals surface area contributed by atoms with E-state index in [1.165, 1.54) is 37.4 Å². The van der Waals surface area contributed by atoms with Crippen molar-refractivity contribution in [3.8, 4) is 22.6 Å². The molecule has 0 radical (unpaired) electrons. The van der Waals surface area contributed by atoms with Crippen LogP contribution in [0.1, 0.15) is 5.56 Å². The van der Waals surface area contributed by atoms with Crippen molar-refractivity contribution >= 4 is 11.6 Å². The van der Waals surface area contributed by atoms with Crippen LogP contribution in [0.2, 0.25) is 0 Å². The normalized spacial score (nSPS) is 10.7. The van der Waals surface area contributed by atoms with Crippen LogP contribution in [-0.2, 0) is 11.2 Å². The molecule has 0 aliphatic carbocycles. The number of benzene rings is 3. The second-order valence-electron chi connectivity index (χ2n) is 6.13. The number of hydrogen-bond acceptors (Lipinski definition) is 3. The molecule has 29 heavy (non-hydrogen) atoms. The molecule has 0 saturated heterocycles. The summed E-state index contributed by atoms with van der Waals surface area (Å²) in [6.07, 6.45) is -0.153. The lowest BCUT2D eigenvalue weighted by Gasteiger charge is -2.14. The van der Waals surface area contributed by atoms with Gasteiger partial charge in [0.1, 0.15) is 17.3 Å². The highest BCUT2D eigenvalue weighted by Crippen LogP contribution is 2.34. The summed E-state index contributed by atoms with van der Waals surface area (Å²) in [4.78, 5) is 12.3. The van der Waals surface area contributed by atoms with Gasteiger partial charge in [-0.2, -0.15) is 8.78 Å². The molecule has 0 fully saturated rings. The highest BCUT2D eigenvalue weighted by atomic mass is 19.3. The van der Waals surface area contributed by atoms with Crippen LogP contribution in [-0.4, -0.2) is 19.6 Å². The zero-order valence-corrected chi connectivity index (χ0v) is 15.5. The second kappa shape index (κ2) is 9.14. The van der Waals surface area contributed by atoms with E-state index in [-0.39, 0.29) is 17.7 Å². The molecule has 0 atom stereocenters. The van der Waals surface area contributed by atoms with E-state index in [0.717, 1.165) is 0 Å². The van der Waals surface area contributed by atoms with Crippen LogP contribution in [0, 0.1) is 5.82 Å². The highest BCUT2D eigenvalue weighted by molar-refractivity contribution is 5.93. The standard InChI is InChI=1S/C22H18F3NO3/c1-28-17-9-6-14(7-10-17)18-13-16(8-11-20(18)29-22(24)25)26-21(27)12-15-4-2-3-5-19(15)23/h2-11,13,22H,12H2,1H3,(H,26,27). The average molecular weight is 401 g/mol. The van der Waals surface area contributed by atoms with Crippen molar-refractivity contribution in [2.75, 3.05) is 12.4 Å². The topological polar surface area (TPSA) is 47.6 Å². The van der Waals surface area contributed by atoms with Gasteiger partial charge in [0.25, 0.3) is 0 Å². The Morgan fingerprint density at radius 1 is 1.03 bits per heavy atom. The Morgan fingerprint density at radius 3 is 2.41 bits per heavy atom. The Hall–Kier alpha value is -3.48. The van der Waals surface area contributed by atoms with Gasteiger partial charge in [-0.05, 0) is 47.5 Å². The number of halogens is 3. The van der Waals surface area contributed by atoms with Gasteiger partial charge in [-0.15, -0.1) is 0 Å². The summed E-state index contributed by atoms with van der Waals surface area (Å²) in [7, 11) is 1.52. The van der Waals surface area contributed by atoms with Gasteiger partial charge >= 0.3 is 6.61 Å². The van der Waals surface area contributed by atoms with Crippen LogP contribution in [0.15, 0.2) is 66.7 Å². The predicted molar refractivity (Wildman–Crippen MR) is 104 cm³/mol. The fraction of sp³-hybridized carbons (Fsp3) is 0.136. The molecule has 0 heterocycles. The number of anilines is 1. The number of carbonyl (C=O) groups is 1. The molecule has 0 aromatic heterocycles. The summed E-state index contributed by atoms with van der Waals surface area (Å²) < 4.78 is 49.0. The molecule has 3 aromatic rings. The lowest BCUT2D eigenvalue weighted by molar-refractivity contribution is -0.115. The van der Waals surface area contributed by atoms with Crippen LogP contribution < -0.4 is 14.8 Å². The van der Waals surface area contributed by atoms with Crippen LogP contribution in [0.25, 0.3) is 11.1 Å². The molecule has 3 aromatic carbocycles. The average Bonchev–Trinajstić information content (AvgIpc) is 2.70. The number of hydrogen-bond donors (Lipinski definition) is 1. The number of methoxy groups -OCH3 is 1. The molecule has 3 rings (SSSR count). The Balaban J connectivity index is 1.85. The van der Waals surface area contributed by atoms with Crippen LogP contribution >= 0.6 is 0 Å². The van der Waals surface area contributed by atoms with E-state index in [4.69, 9.17) is 4.74 Å². The molecule has 150 valence electrons. The minimum atomic E-state index is -2.99. The van der Waals surface area contributed by atoms with Gasteiger partial charge in [0.05, 0.1) is 13.5 Å². The summed E-state index contributed by atoms with van der Waals surface area (Å²) in [5, 5.41) is 2.66. The monoisotopic (exact) mass is 401 g/mol. The predicted octanol–water partition coefficient (Wildman–Crippen LogP) is 5.28. The van der Waals surface area contributed by atoms with Crippen molar-refractivity contribution in [1.29, 1.82) is 0 Å². The highest BCUT2D eigenvalue weighted by Gasteiger charge is 2.14. The third-order valence-corrected chi connectivity index (χ3v) is 4.19. The zero-order chi connectivity index (χ0) is 20.8. The van der Waals surface area contributed by atoms with Crippen LogP contribution in [0.3, 0.4) is 0 Å². The third-order valence-electron chi connectivity index (χ3n) is 4.19. The molecule has 0 spiro atoms. The van der Waals surface area contributed by atoms with E-state index in [1.54, 1.807) is 36.4 Å². The molecule has 4 nitrogen and oxygen atoms in total. The van der Waals surface area contributed by atoms with Gasteiger partial charge in [-0.3, -0.25) is 4.79 Å². The minimum Gasteiger partial charge on any atom is -0.497 e. The number of ether oxygens (including phenoxy) is 2. The van der Waals surface area contributed by atoms with Crippen molar-refractivity contribution in [2.24, 2.45) is 0 Å². The molecule has 1 amide bonds. The summed E-state index contributed by atoms with van der Waals surface area (Å²) in [6.45, 7) is -2.99. The summed E-state index contributed by atoms with van der Waals surface area (Å²) >= 11 is 0. The van der Waals surface area contributed by atoms with Crippen molar-refractivity contribution in [3.05, 3.63) is 78.1 Å². The molecule has 7 heteroatoms. The molecular formula is C22H18F3NO3. The zero-order valence-electron chi connectivity index (χ0n) is 15.5. The first-order valence-corrected chi connectivity index (χ1v) is 8.73. The maximum atomic E-state index is 13.7. The van der Waals surface area contributed by atoms with Crippen LogP contribution in [0.5, 0.6) is 11.5 Å². The van der Waals surface area contributed by atoms with Gasteiger partial charge in [0.2, 0.25) is 5.91 Å². The van der Waals surface area contributed by atoms with E-state index < -0.39 is 18.3 Å². The van der Waals surface area contributed by atoms with Crippen molar-refractivity contribution in [3.63, 3.8) is 0 Å².